The molecule has 10 heteroatoms. The highest BCUT2D eigenvalue weighted by atomic mass is 35.5. The number of nitrogens with one attached hydrogen (secondary N) is 2. The maximum Gasteiger partial charge on any atom is 0.255 e. The molecule has 2 heterocycles. The summed E-state index contributed by atoms with van der Waals surface area (Å²) in [7, 11) is 1.56. The smallest absolute Gasteiger partial charge is 0.255 e. The van der Waals surface area contributed by atoms with Gasteiger partial charge in [0, 0.05) is 10.7 Å². The number of hydrogen-bond acceptors (Lipinski definition) is 7. The fourth-order valence-electron chi connectivity index (χ4n) is 4.45. The van der Waals surface area contributed by atoms with Crippen LogP contribution in [0.1, 0.15) is 31.0 Å². The molecule has 1 amide bonds. The molecule has 0 fully saturated rings. The molecule has 0 radical (unpaired) electrons. The molecule has 39 heavy (non-hydrogen) atoms. The Morgan fingerprint density at radius 2 is 1.85 bits per heavy atom. The van der Waals surface area contributed by atoms with E-state index >= 15 is 0 Å². The molecule has 2 N–H and O–H groups in total. The SMILES string of the molecule is CCOc1cc([C@@H]2C(C(=O)Nc3ccccc3OC)=C(C)Nc3ncnn32)ccc1OCc1ccc(Cl)cc1. The minimum atomic E-state index is -0.567. The number of carbonyl (C=O) groups excluding carboxylic acids is 1. The first kappa shape index (κ1) is 26.1. The largest absolute Gasteiger partial charge is 0.495 e. The van der Waals surface area contributed by atoms with Crippen LogP contribution in [0.4, 0.5) is 11.6 Å². The number of aromatic nitrogens is 3. The van der Waals surface area contributed by atoms with Crippen molar-refractivity contribution in [1.82, 2.24) is 14.8 Å². The maximum atomic E-state index is 13.7. The molecule has 200 valence electrons. The van der Waals surface area contributed by atoms with E-state index in [9.17, 15) is 4.79 Å². The number of hydrogen-bond donors (Lipinski definition) is 2. The minimum Gasteiger partial charge on any atom is -0.495 e. The lowest BCUT2D eigenvalue weighted by molar-refractivity contribution is -0.113. The number of halogens is 1. The fourth-order valence-corrected chi connectivity index (χ4v) is 4.58. The van der Waals surface area contributed by atoms with E-state index < -0.39 is 6.04 Å². The van der Waals surface area contributed by atoms with Gasteiger partial charge in [0.25, 0.3) is 5.91 Å². The van der Waals surface area contributed by atoms with Gasteiger partial charge in [0.2, 0.25) is 5.95 Å². The van der Waals surface area contributed by atoms with Crippen LogP contribution in [0.2, 0.25) is 5.02 Å². The Kier molecular flexibility index (Phi) is 7.69. The van der Waals surface area contributed by atoms with Crippen molar-refractivity contribution in [3.05, 3.63) is 100 Å². The molecular formula is C29H28ClN5O4. The van der Waals surface area contributed by atoms with Crippen LogP contribution in [0.3, 0.4) is 0 Å². The van der Waals surface area contributed by atoms with Gasteiger partial charge in [-0.05, 0) is 61.4 Å². The third-order valence-electron chi connectivity index (χ3n) is 6.29. The van der Waals surface area contributed by atoms with Crippen molar-refractivity contribution in [2.24, 2.45) is 0 Å². The summed E-state index contributed by atoms with van der Waals surface area (Å²) in [6.45, 7) is 4.54. The zero-order valence-electron chi connectivity index (χ0n) is 21.8. The van der Waals surface area contributed by atoms with Crippen LogP contribution >= 0.6 is 11.6 Å². The average Bonchev–Trinajstić information content (AvgIpc) is 3.41. The van der Waals surface area contributed by atoms with E-state index in [1.165, 1.54) is 6.33 Å². The summed E-state index contributed by atoms with van der Waals surface area (Å²) in [4.78, 5) is 18.1. The number of ether oxygens (including phenoxy) is 3. The summed E-state index contributed by atoms with van der Waals surface area (Å²) in [6.07, 6.45) is 1.46. The van der Waals surface area contributed by atoms with Gasteiger partial charge in [0.1, 0.15) is 24.7 Å². The number of allylic oxidation sites excluding steroid dienone is 1. The lowest BCUT2D eigenvalue weighted by Gasteiger charge is -2.29. The number of rotatable bonds is 9. The third-order valence-corrected chi connectivity index (χ3v) is 6.54. The summed E-state index contributed by atoms with van der Waals surface area (Å²) in [6, 6.07) is 19.8. The number of fused-ring (bicyclic) bond motifs is 1. The van der Waals surface area contributed by atoms with Crippen LogP contribution in [0, 0.1) is 0 Å². The highest BCUT2D eigenvalue weighted by Crippen LogP contribution is 2.39. The van der Waals surface area contributed by atoms with E-state index in [1.807, 2.05) is 68.4 Å². The number of amides is 1. The monoisotopic (exact) mass is 545 g/mol. The average molecular weight is 546 g/mol. The molecule has 0 saturated heterocycles. The Hall–Kier alpha value is -4.50. The van der Waals surface area contributed by atoms with Crippen molar-refractivity contribution in [2.75, 3.05) is 24.4 Å². The first-order valence-corrected chi connectivity index (χ1v) is 12.8. The predicted octanol–water partition coefficient (Wildman–Crippen LogP) is 5.85. The van der Waals surface area contributed by atoms with Gasteiger partial charge in [-0.25, -0.2) is 4.68 Å². The van der Waals surface area contributed by atoms with Gasteiger partial charge in [-0.3, -0.25) is 4.79 Å². The van der Waals surface area contributed by atoms with Crippen LogP contribution in [0.15, 0.2) is 84.3 Å². The second-order valence-electron chi connectivity index (χ2n) is 8.80. The number of methoxy groups -OCH3 is 1. The Balaban J connectivity index is 1.49. The van der Waals surface area contributed by atoms with E-state index in [0.717, 1.165) is 11.1 Å². The van der Waals surface area contributed by atoms with Crippen molar-refractivity contribution in [2.45, 2.75) is 26.5 Å². The van der Waals surface area contributed by atoms with Gasteiger partial charge < -0.3 is 24.8 Å². The molecule has 4 aromatic rings. The van der Waals surface area contributed by atoms with Crippen molar-refractivity contribution in [3.8, 4) is 17.2 Å². The summed E-state index contributed by atoms with van der Waals surface area (Å²) < 4.78 is 19.2. The molecule has 0 saturated carbocycles. The standard InChI is InChI=1S/C29H28ClN5O4/c1-4-38-25-15-20(11-14-24(25)39-16-19-9-12-21(30)13-10-19)27-26(18(2)33-29-31-17-32-35(27)29)28(36)34-22-7-5-6-8-23(22)37-3/h5-15,17,27H,4,16H2,1-3H3,(H,34,36)(H,31,32,33)/t27-/m1/s1. The Morgan fingerprint density at radius 3 is 2.62 bits per heavy atom. The van der Waals surface area contributed by atoms with Crippen LogP contribution in [0.5, 0.6) is 17.2 Å². The van der Waals surface area contributed by atoms with Gasteiger partial charge in [-0.2, -0.15) is 10.1 Å². The second-order valence-corrected chi connectivity index (χ2v) is 9.24. The van der Waals surface area contributed by atoms with Crippen molar-refractivity contribution in [3.63, 3.8) is 0 Å². The van der Waals surface area contributed by atoms with E-state index in [0.29, 0.717) is 58.4 Å². The quantitative estimate of drug-likeness (QED) is 0.272. The summed E-state index contributed by atoms with van der Waals surface area (Å²) in [5.74, 6) is 1.95. The summed E-state index contributed by atoms with van der Waals surface area (Å²) in [5.41, 5.74) is 3.47. The van der Waals surface area contributed by atoms with Gasteiger partial charge in [-0.15, -0.1) is 0 Å². The molecule has 3 aromatic carbocycles. The molecule has 1 aromatic heterocycles. The molecule has 0 spiro atoms. The molecule has 5 rings (SSSR count). The fraction of sp³-hybridized carbons (Fsp3) is 0.207. The van der Waals surface area contributed by atoms with Crippen molar-refractivity contribution in [1.29, 1.82) is 0 Å². The number of benzene rings is 3. The van der Waals surface area contributed by atoms with Gasteiger partial charge >= 0.3 is 0 Å². The first-order valence-electron chi connectivity index (χ1n) is 12.4. The predicted molar refractivity (Wildman–Crippen MR) is 150 cm³/mol. The number of nitrogens with zero attached hydrogens (tertiary/aromatic N) is 3. The second kappa shape index (κ2) is 11.5. The van der Waals surface area contributed by atoms with Crippen molar-refractivity contribution < 1.29 is 19.0 Å². The molecule has 0 unspecified atom stereocenters. The number of anilines is 2. The zero-order valence-corrected chi connectivity index (χ0v) is 22.5. The van der Waals surface area contributed by atoms with Gasteiger partial charge in [0.05, 0.1) is 25.0 Å². The molecule has 1 atom stereocenters. The van der Waals surface area contributed by atoms with E-state index in [2.05, 4.69) is 20.7 Å². The number of para-hydroxylation sites is 2. The first-order chi connectivity index (χ1) is 19.0. The van der Waals surface area contributed by atoms with E-state index in [-0.39, 0.29) is 5.91 Å². The minimum absolute atomic E-state index is 0.295. The Morgan fingerprint density at radius 1 is 1.05 bits per heavy atom. The Labute approximate surface area is 231 Å². The molecule has 9 nitrogen and oxygen atoms in total. The molecule has 1 aliphatic heterocycles. The molecule has 0 bridgehead atoms. The van der Waals surface area contributed by atoms with E-state index in [1.54, 1.807) is 23.9 Å². The lowest BCUT2D eigenvalue weighted by Crippen LogP contribution is -2.31. The lowest BCUT2D eigenvalue weighted by atomic mass is 9.94. The van der Waals surface area contributed by atoms with Gasteiger partial charge in [0.15, 0.2) is 11.5 Å². The molecule has 1 aliphatic rings. The maximum absolute atomic E-state index is 13.7. The molecular weight excluding hydrogens is 518 g/mol. The van der Waals surface area contributed by atoms with Crippen LogP contribution in [-0.4, -0.2) is 34.4 Å². The van der Waals surface area contributed by atoms with Crippen LogP contribution < -0.4 is 24.8 Å². The topological polar surface area (TPSA) is 99.5 Å². The van der Waals surface area contributed by atoms with E-state index in [4.69, 9.17) is 25.8 Å². The van der Waals surface area contributed by atoms with Crippen molar-refractivity contribution >= 4 is 29.1 Å². The Bertz CT molecular complexity index is 1520. The van der Waals surface area contributed by atoms with Crippen LogP contribution in [-0.2, 0) is 11.4 Å². The zero-order chi connectivity index (χ0) is 27.4. The normalized spacial score (nSPS) is 14.3. The van der Waals surface area contributed by atoms with Crippen LogP contribution in [0.25, 0.3) is 0 Å². The third kappa shape index (κ3) is 5.53. The molecule has 0 aliphatic carbocycles. The summed E-state index contributed by atoms with van der Waals surface area (Å²) in [5, 5.41) is 11.3. The number of carbonyl (C=O) groups is 1. The van der Waals surface area contributed by atoms with Gasteiger partial charge in [-0.1, -0.05) is 41.9 Å². The highest BCUT2D eigenvalue weighted by molar-refractivity contribution is 6.30. The summed E-state index contributed by atoms with van der Waals surface area (Å²) >= 11 is 6.00. The highest BCUT2D eigenvalue weighted by Gasteiger charge is 2.34.